The maximum atomic E-state index is 10.3. The van der Waals surface area contributed by atoms with Crippen molar-refractivity contribution in [3.05, 3.63) is 53.2 Å². The summed E-state index contributed by atoms with van der Waals surface area (Å²) in [6, 6.07) is 10.0. The normalized spacial score (nSPS) is 14.1. The molecular formula is C23H24N4O. The van der Waals surface area contributed by atoms with Crippen molar-refractivity contribution in [2.24, 2.45) is 0 Å². The van der Waals surface area contributed by atoms with E-state index in [4.69, 9.17) is 4.98 Å². The van der Waals surface area contributed by atoms with Gasteiger partial charge in [-0.15, -0.1) is 0 Å². The molecule has 0 atom stereocenters. The molecule has 0 amide bonds. The average Bonchev–Trinajstić information content (AvgIpc) is 3.17. The highest BCUT2D eigenvalue weighted by Gasteiger charge is 2.21. The van der Waals surface area contributed by atoms with Gasteiger partial charge in [-0.05, 0) is 81.2 Å². The summed E-state index contributed by atoms with van der Waals surface area (Å²) in [5.41, 5.74) is 7.93. The van der Waals surface area contributed by atoms with Crippen molar-refractivity contribution in [1.29, 1.82) is 0 Å². The summed E-state index contributed by atoms with van der Waals surface area (Å²) in [7, 11) is 4.02. The molecule has 1 aliphatic rings. The van der Waals surface area contributed by atoms with E-state index in [-0.39, 0.29) is 0 Å². The fraction of sp³-hybridized carbons (Fsp3) is 0.304. The van der Waals surface area contributed by atoms with Crippen LogP contribution in [0.3, 0.4) is 0 Å². The highest BCUT2D eigenvalue weighted by atomic mass is 16.3. The molecule has 5 rings (SSSR count). The van der Waals surface area contributed by atoms with Gasteiger partial charge in [-0.2, -0.15) is 5.10 Å². The molecule has 0 spiro atoms. The summed E-state index contributed by atoms with van der Waals surface area (Å²) < 4.78 is 0. The number of phenols is 1. The summed E-state index contributed by atoms with van der Waals surface area (Å²) in [5, 5.41) is 20.0. The molecule has 4 aromatic rings. The number of rotatable bonds is 3. The minimum absolute atomic E-state index is 0.340. The van der Waals surface area contributed by atoms with E-state index < -0.39 is 0 Å². The number of benzene rings is 2. The number of aryl methyl sites for hydroxylation is 1. The van der Waals surface area contributed by atoms with Gasteiger partial charge in [0.25, 0.3) is 0 Å². The summed E-state index contributed by atoms with van der Waals surface area (Å²) in [6.07, 6.45) is 6.45. The summed E-state index contributed by atoms with van der Waals surface area (Å²) in [4.78, 5) is 7.17. The minimum atomic E-state index is 0.340. The predicted molar refractivity (Wildman–Crippen MR) is 113 cm³/mol. The SMILES string of the molecule is CN(C)Cc1cc(-c2nc3ccc4[nH]ncc4c3c3c2CCCC3)ccc1O. The highest BCUT2D eigenvalue weighted by Crippen LogP contribution is 2.38. The second kappa shape index (κ2) is 6.60. The topological polar surface area (TPSA) is 65.0 Å². The zero-order valence-electron chi connectivity index (χ0n) is 16.3. The van der Waals surface area contributed by atoms with Crippen LogP contribution in [0, 0.1) is 0 Å². The third-order valence-electron chi connectivity index (χ3n) is 5.73. The largest absolute Gasteiger partial charge is 0.508 e. The maximum absolute atomic E-state index is 10.3. The van der Waals surface area contributed by atoms with Crippen molar-refractivity contribution in [3.8, 4) is 17.0 Å². The third-order valence-corrected chi connectivity index (χ3v) is 5.73. The van der Waals surface area contributed by atoms with Crippen molar-refractivity contribution in [3.63, 3.8) is 0 Å². The van der Waals surface area contributed by atoms with Crippen molar-refractivity contribution in [1.82, 2.24) is 20.1 Å². The van der Waals surface area contributed by atoms with E-state index >= 15 is 0 Å². The Bertz CT molecular complexity index is 1190. The van der Waals surface area contributed by atoms with Gasteiger partial charge in [0.2, 0.25) is 0 Å². The molecule has 2 aromatic carbocycles. The first-order valence-corrected chi connectivity index (χ1v) is 9.86. The summed E-state index contributed by atoms with van der Waals surface area (Å²) >= 11 is 0. The van der Waals surface area contributed by atoms with E-state index in [1.54, 1.807) is 6.07 Å². The van der Waals surface area contributed by atoms with E-state index in [1.807, 2.05) is 26.4 Å². The molecule has 142 valence electrons. The first kappa shape index (κ1) is 17.2. The first-order valence-electron chi connectivity index (χ1n) is 9.86. The molecule has 5 heteroatoms. The number of hydrogen-bond acceptors (Lipinski definition) is 4. The summed E-state index contributed by atoms with van der Waals surface area (Å²) in [6.45, 7) is 0.699. The lowest BCUT2D eigenvalue weighted by Gasteiger charge is -2.22. The zero-order valence-corrected chi connectivity index (χ0v) is 16.3. The van der Waals surface area contributed by atoms with Crippen LogP contribution >= 0.6 is 0 Å². The molecule has 2 heterocycles. The number of nitrogens with zero attached hydrogens (tertiary/aromatic N) is 3. The van der Waals surface area contributed by atoms with Gasteiger partial charge in [0.15, 0.2) is 0 Å². The van der Waals surface area contributed by atoms with Crippen molar-refractivity contribution in [2.45, 2.75) is 32.2 Å². The Hall–Kier alpha value is -2.92. The van der Waals surface area contributed by atoms with E-state index in [0.717, 1.165) is 46.1 Å². The minimum Gasteiger partial charge on any atom is -0.508 e. The Morgan fingerprint density at radius 1 is 1.07 bits per heavy atom. The highest BCUT2D eigenvalue weighted by molar-refractivity contribution is 6.07. The van der Waals surface area contributed by atoms with Crippen LogP contribution in [0.5, 0.6) is 5.75 Å². The van der Waals surface area contributed by atoms with Crippen LogP contribution in [0.4, 0.5) is 0 Å². The molecule has 5 nitrogen and oxygen atoms in total. The predicted octanol–water partition coefficient (Wildman–Crippen LogP) is 4.42. The van der Waals surface area contributed by atoms with Crippen LogP contribution in [0.1, 0.15) is 29.5 Å². The van der Waals surface area contributed by atoms with Gasteiger partial charge in [-0.3, -0.25) is 5.10 Å². The molecule has 2 aromatic heterocycles. The molecule has 0 saturated heterocycles. The quantitative estimate of drug-likeness (QED) is 0.559. The Morgan fingerprint density at radius 3 is 2.71 bits per heavy atom. The first-order chi connectivity index (χ1) is 13.6. The number of aromatic hydroxyl groups is 1. The third kappa shape index (κ3) is 2.74. The number of nitrogens with one attached hydrogen (secondary N) is 1. The number of fused-ring (bicyclic) bond motifs is 5. The van der Waals surface area contributed by atoms with Crippen LogP contribution in [0.2, 0.25) is 0 Å². The van der Waals surface area contributed by atoms with Gasteiger partial charge in [-0.25, -0.2) is 4.98 Å². The van der Waals surface area contributed by atoms with E-state index in [1.165, 1.54) is 29.4 Å². The van der Waals surface area contributed by atoms with Gasteiger partial charge in [0.1, 0.15) is 5.75 Å². The lowest BCUT2D eigenvalue weighted by molar-refractivity contribution is 0.386. The van der Waals surface area contributed by atoms with Crippen LogP contribution in [-0.2, 0) is 19.4 Å². The lowest BCUT2D eigenvalue weighted by Crippen LogP contribution is -2.11. The van der Waals surface area contributed by atoms with Gasteiger partial charge in [0.05, 0.1) is 22.9 Å². The second-order valence-corrected chi connectivity index (χ2v) is 8.00. The zero-order chi connectivity index (χ0) is 19.3. The van der Waals surface area contributed by atoms with Gasteiger partial charge in [0, 0.05) is 28.4 Å². The Kier molecular flexibility index (Phi) is 4.05. The number of pyridine rings is 1. The average molecular weight is 372 g/mol. The number of aromatic nitrogens is 3. The smallest absolute Gasteiger partial charge is 0.120 e. The van der Waals surface area contributed by atoms with Crippen molar-refractivity contribution in [2.75, 3.05) is 14.1 Å². The molecular weight excluding hydrogens is 348 g/mol. The fourth-order valence-electron chi connectivity index (χ4n) is 4.49. The number of aromatic amines is 1. The molecule has 0 bridgehead atoms. The van der Waals surface area contributed by atoms with Gasteiger partial charge in [-0.1, -0.05) is 0 Å². The molecule has 0 saturated carbocycles. The van der Waals surface area contributed by atoms with Gasteiger partial charge < -0.3 is 10.0 Å². The number of H-pyrrole nitrogens is 1. The Labute approximate surface area is 164 Å². The molecule has 28 heavy (non-hydrogen) atoms. The van der Waals surface area contributed by atoms with Crippen molar-refractivity contribution >= 4 is 21.8 Å². The van der Waals surface area contributed by atoms with E-state index in [9.17, 15) is 5.11 Å². The van der Waals surface area contributed by atoms with Gasteiger partial charge >= 0.3 is 0 Å². The Morgan fingerprint density at radius 2 is 1.89 bits per heavy atom. The molecule has 0 aliphatic heterocycles. The Balaban J connectivity index is 1.78. The number of phenolic OH excluding ortho intramolecular Hbond substituents is 1. The van der Waals surface area contributed by atoms with Crippen molar-refractivity contribution < 1.29 is 5.11 Å². The molecule has 0 fully saturated rings. The van der Waals surface area contributed by atoms with E-state index in [2.05, 4.69) is 33.3 Å². The standard InChI is InChI=1S/C23H24N4O/c1-27(2)13-15-11-14(7-10-21(15)28)23-17-6-4-3-5-16(17)22-18-12-24-26-19(18)8-9-20(22)25-23/h7-12,28H,3-6,13H2,1-2H3,(H,24,26). The van der Waals surface area contributed by atoms with Crippen LogP contribution in [-0.4, -0.2) is 39.3 Å². The van der Waals surface area contributed by atoms with Crippen LogP contribution in [0.25, 0.3) is 33.1 Å². The van der Waals surface area contributed by atoms with Crippen LogP contribution < -0.4 is 0 Å². The van der Waals surface area contributed by atoms with Crippen LogP contribution in [0.15, 0.2) is 36.5 Å². The molecule has 0 unspecified atom stereocenters. The lowest BCUT2D eigenvalue weighted by atomic mass is 9.85. The second-order valence-electron chi connectivity index (χ2n) is 8.00. The summed E-state index contributed by atoms with van der Waals surface area (Å²) in [5.74, 6) is 0.340. The monoisotopic (exact) mass is 372 g/mol. The maximum Gasteiger partial charge on any atom is 0.120 e. The van der Waals surface area contributed by atoms with E-state index in [0.29, 0.717) is 12.3 Å². The molecule has 0 radical (unpaired) electrons. The molecule has 2 N–H and O–H groups in total. The fourth-order valence-corrected chi connectivity index (χ4v) is 4.49. The molecule has 1 aliphatic carbocycles. The number of hydrogen-bond donors (Lipinski definition) is 2.